The minimum atomic E-state index is -0.670. The lowest BCUT2D eigenvalue weighted by Gasteiger charge is -2.31. The number of nitriles is 1. The third-order valence-electron chi connectivity index (χ3n) is 8.36. The van der Waals surface area contributed by atoms with E-state index < -0.39 is 23.0 Å². The van der Waals surface area contributed by atoms with Crippen LogP contribution in [0, 0.1) is 23.2 Å². The number of amides is 2. The number of thioether (sulfide) groups is 1. The average Bonchev–Trinajstić information content (AvgIpc) is 3.61. The molecule has 2 bridgehead atoms. The number of benzene rings is 3. The first kappa shape index (κ1) is 24.1. The molecule has 0 aliphatic carbocycles. The quantitative estimate of drug-likeness (QED) is 0.203. The Bertz CT molecular complexity index is 1710. The third-order valence-corrected chi connectivity index (χ3v) is 10.8. The Labute approximate surface area is 232 Å². The Morgan fingerprint density at radius 3 is 2.74 bits per heavy atom. The smallest absolute Gasteiger partial charge is 0.240 e. The lowest BCUT2D eigenvalue weighted by Crippen LogP contribution is -2.42. The second-order valence-electron chi connectivity index (χ2n) is 10.4. The molecule has 0 N–H and O–H groups in total. The molecule has 3 saturated heterocycles. The lowest BCUT2D eigenvalue weighted by atomic mass is 9.67. The maximum Gasteiger partial charge on any atom is 0.240 e. The fourth-order valence-electron chi connectivity index (χ4n) is 6.68. The number of carbonyl (C=O) groups is 2. The van der Waals surface area contributed by atoms with Gasteiger partial charge in [-0.2, -0.15) is 5.26 Å². The predicted molar refractivity (Wildman–Crippen MR) is 150 cm³/mol. The van der Waals surface area contributed by atoms with Crippen molar-refractivity contribution in [2.75, 3.05) is 10.7 Å². The van der Waals surface area contributed by atoms with E-state index in [0.29, 0.717) is 22.7 Å². The molecule has 3 fully saturated rings. The molecule has 0 radical (unpaired) electrons. The van der Waals surface area contributed by atoms with Crippen molar-refractivity contribution in [3.05, 3.63) is 65.2 Å². The number of carbonyl (C=O) groups excluding carboxylic acids is 2. The Hall–Kier alpha value is -2.96. The summed E-state index contributed by atoms with van der Waals surface area (Å²) in [5.74, 6) is -0.688. The largest absolute Gasteiger partial charge is 0.367 e. The number of ether oxygens (including phenoxy) is 1. The first-order valence-corrected chi connectivity index (χ1v) is 14.7. The van der Waals surface area contributed by atoms with Gasteiger partial charge in [-0.3, -0.25) is 9.59 Å². The Kier molecular flexibility index (Phi) is 5.41. The normalized spacial score (nSPS) is 28.0. The summed E-state index contributed by atoms with van der Waals surface area (Å²) in [6.45, 7) is 1.98. The van der Waals surface area contributed by atoms with E-state index in [1.807, 2.05) is 49.4 Å². The van der Waals surface area contributed by atoms with E-state index in [-0.39, 0.29) is 11.8 Å². The number of imide groups is 1. The summed E-state index contributed by atoms with van der Waals surface area (Å²) >= 11 is 9.40. The van der Waals surface area contributed by atoms with Gasteiger partial charge in [0, 0.05) is 21.5 Å². The van der Waals surface area contributed by atoms with Crippen LogP contribution < -0.4 is 4.90 Å². The first-order valence-electron chi connectivity index (χ1n) is 12.5. The Morgan fingerprint density at radius 1 is 1.13 bits per heavy atom. The van der Waals surface area contributed by atoms with Crippen LogP contribution in [0.1, 0.15) is 31.7 Å². The molecule has 9 heteroatoms. The second-order valence-corrected chi connectivity index (χ2v) is 13.2. The summed E-state index contributed by atoms with van der Waals surface area (Å²) in [6.07, 6.45) is 2.16. The summed E-state index contributed by atoms with van der Waals surface area (Å²) in [4.78, 5) is 34.0. The summed E-state index contributed by atoms with van der Waals surface area (Å²) in [5, 5.41) is 11.7. The average molecular weight is 560 g/mol. The van der Waals surface area contributed by atoms with Crippen LogP contribution in [0.25, 0.3) is 21.0 Å². The van der Waals surface area contributed by atoms with Crippen molar-refractivity contribution >= 4 is 73.2 Å². The van der Waals surface area contributed by atoms with E-state index in [2.05, 4.69) is 6.07 Å². The van der Waals surface area contributed by atoms with Crippen molar-refractivity contribution in [3.8, 4) is 6.07 Å². The maximum atomic E-state index is 14.0. The zero-order valence-corrected chi connectivity index (χ0v) is 22.8. The highest BCUT2D eigenvalue weighted by Crippen LogP contribution is 2.62. The molecule has 4 atom stereocenters. The molecule has 190 valence electrons. The van der Waals surface area contributed by atoms with Gasteiger partial charge in [0.25, 0.3) is 0 Å². The third kappa shape index (κ3) is 3.39. The molecule has 0 unspecified atom stereocenters. The highest BCUT2D eigenvalue weighted by atomic mass is 35.5. The van der Waals surface area contributed by atoms with E-state index in [9.17, 15) is 14.9 Å². The molecule has 4 heterocycles. The van der Waals surface area contributed by atoms with Gasteiger partial charge >= 0.3 is 0 Å². The van der Waals surface area contributed by atoms with Gasteiger partial charge in [0.15, 0.2) is 4.34 Å². The number of rotatable bonds is 5. The number of nitrogens with zero attached hydrogens (tertiary/aromatic N) is 3. The molecule has 3 aliphatic heterocycles. The van der Waals surface area contributed by atoms with E-state index in [1.54, 1.807) is 35.2 Å². The lowest BCUT2D eigenvalue weighted by molar-refractivity contribution is -0.130. The monoisotopic (exact) mass is 559 g/mol. The molecular weight excluding hydrogens is 538 g/mol. The molecule has 4 aromatic rings. The predicted octanol–water partition coefficient (Wildman–Crippen LogP) is 6.58. The van der Waals surface area contributed by atoms with Crippen molar-refractivity contribution in [2.45, 2.75) is 41.7 Å². The topological polar surface area (TPSA) is 83.3 Å². The second kappa shape index (κ2) is 8.52. The molecule has 0 saturated carbocycles. The van der Waals surface area contributed by atoms with Gasteiger partial charge in [-0.15, -0.1) is 11.3 Å². The van der Waals surface area contributed by atoms with Gasteiger partial charge in [0.1, 0.15) is 0 Å². The van der Waals surface area contributed by atoms with Crippen LogP contribution in [0.15, 0.2) is 58.9 Å². The van der Waals surface area contributed by atoms with Crippen LogP contribution in [0.4, 0.5) is 5.69 Å². The zero-order valence-electron chi connectivity index (χ0n) is 20.4. The number of anilines is 1. The minimum absolute atomic E-state index is 0.196. The zero-order chi connectivity index (χ0) is 26.2. The highest BCUT2D eigenvalue weighted by Gasteiger charge is 2.73. The summed E-state index contributed by atoms with van der Waals surface area (Å²) in [7, 11) is 0. The molecular formula is C29H22ClN3O3S2. The molecule has 3 aliphatic rings. The van der Waals surface area contributed by atoms with Crippen LogP contribution >= 0.6 is 34.7 Å². The van der Waals surface area contributed by atoms with Crippen molar-refractivity contribution in [1.29, 1.82) is 5.26 Å². The van der Waals surface area contributed by atoms with Crippen LogP contribution in [0.5, 0.6) is 0 Å². The van der Waals surface area contributed by atoms with Gasteiger partial charge in [-0.05, 0) is 56.5 Å². The van der Waals surface area contributed by atoms with Crippen molar-refractivity contribution in [3.63, 3.8) is 0 Å². The van der Waals surface area contributed by atoms with Crippen molar-refractivity contribution in [2.24, 2.45) is 11.8 Å². The number of halogens is 1. The summed E-state index contributed by atoms with van der Waals surface area (Å²) in [5.41, 5.74) is 0.618. The van der Waals surface area contributed by atoms with Crippen LogP contribution in [0.3, 0.4) is 0 Å². The Morgan fingerprint density at radius 2 is 1.92 bits per heavy atom. The summed E-state index contributed by atoms with van der Waals surface area (Å²) in [6, 6.07) is 18.8. The van der Waals surface area contributed by atoms with E-state index in [4.69, 9.17) is 21.3 Å². The minimum Gasteiger partial charge on any atom is -0.367 e. The van der Waals surface area contributed by atoms with Crippen LogP contribution in [-0.2, 0) is 14.3 Å². The molecule has 7 rings (SSSR count). The van der Waals surface area contributed by atoms with Crippen LogP contribution in [-0.4, -0.2) is 33.8 Å². The molecule has 6 nitrogen and oxygen atoms in total. The highest BCUT2D eigenvalue weighted by molar-refractivity contribution is 8.01. The van der Waals surface area contributed by atoms with Crippen molar-refractivity contribution < 1.29 is 14.3 Å². The van der Waals surface area contributed by atoms with Gasteiger partial charge in [-0.1, -0.05) is 47.6 Å². The standard InChI is InChI=1S/C29H22ClN3O3S2/c1-28-10-11-29(36-28,12-13-37-27-32-20-14-17(30)7-9-22(20)38-27)24-23(28)25(34)33(26(24)35)21-8-6-16(15-31)18-4-2-3-5-19(18)21/h2-9,14,23-24H,10-13H2,1H3/t23-,24+,28-,29-/m0/s1. The van der Waals surface area contributed by atoms with Crippen LogP contribution in [0.2, 0.25) is 5.02 Å². The Balaban J connectivity index is 1.19. The SMILES string of the molecule is C[C@@]12CC[C@@](CCSc3nc4cc(Cl)ccc4s3)(O1)[C@H]1C(=O)N(c3ccc(C#N)c4ccccc34)C(=O)[C@H]12. The maximum absolute atomic E-state index is 14.0. The number of fused-ring (bicyclic) bond motifs is 7. The van der Waals surface area contributed by atoms with Gasteiger partial charge in [0.05, 0.1) is 50.6 Å². The summed E-state index contributed by atoms with van der Waals surface area (Å²) < 4.78 is 8.65. The van der Waals surface area contributed by atoms with Gasteiger partial charge in [-0.25, -0.2) is 9.88 Å². The van der Waals surface area contributed by atoms with Crippen molar-refractivity contribution in [1.82, 2.24) is 4.98 Å². The fourth-order valence-corrected chi connectivity index (χ4v) is 9.06. The van der Waals surface area contributed by atoms with E-state index in [0.717, 1.165) is 43.9 Å². The molecule has 1 aromatic heterocycles. The number of hydrogen-bond donors (Lipinski definition) is 0. The number of thiazole rings is 1. The molecule has 2 amide bonds. The molecule has 0 spiro atoms. The first-order chi connectivity index (χ1) is 18.3. The fraction of sp³-hybridized carbons (Fsp3) is 0.310. The molecule has 3 aromatic carbocycles. The van der Waals surface area contributed by atoms with E-state index in [1.165, 1.54) is 4.90 Å². The van der Waals surface area contributed by atoms with Gasteiger partial charge < -0.3 is 4.74 Å². The number of aromatic nitrogens is 1. The molecule has 38 heavy (non-hydrogen) atoms. The number of hydrogen-bond acceptors (Lipinski definition) is 7. The van der Waals surface area contributed by atoms with Gasteiger partial charge in [0.2, 0.25) is 11.8 Å². The van der Waals surface area contributed by atoms with E-state index >= 15 is 0 Å².